The highest BCUT2D eigenvalue weighted by Gasteiger charge is 2.01. The second-order valence-electron chi connectivity index (χ2n) is 5.49. The third-order valence-electron chi connectivity index (χ3n) is 3.37. The molecule has 0 aliphatic rings. The first kappa shape index (κ1) is 18.4. The smallest absolute Gasteiger partial charge is 0.191 e. The maximum Gasteiger partial charge on any atom is 0.191 e. The van der Waals surface area contributed by atoms with Crippen LogP contribution in [-0.4, -0.2) is 31.1 Å². The average molecular weight is 347 g/mol. The third kappa shape index (κ3) is 6.29. The van der Waals surface area contributed by atoms with Crippen LogP contribution in [0.15, 0.2) is 35.5 Å². The van der Waals surface area contributed by atoms with Crippen LogP contribution in [0.2, 0.25) is 0 Å². The zero-order chi connectivity index (χ0) is 17.2. The Morgan fingerprint density at radius 1 is 1.29 bits per heavy atom. The minimum atomic E-state index is 0.628. The molecule has 0 radical (unpaired) electrons. The summed E-state index contributed by atoms with van der Waals surface area (Å²) < 4.78 is 5.18. The van der Waals surface area contributed by atoms with Crippen molar-refractivity contribution < 1.29 is 4.74 Å². The van der Waals surface area contributed by atoms with Gasteiger partial charge in [0.1, 0.15) is 0 Å². The average Bonchev–Trinajstić information content (AvgIpc) is 2.99. The van der Waals surface area contributed by atoms with Gasteiger partial charge in [-0.2, -0.15) is 0 Å². The number of nitrogens with one attached hydrogen (secondary N) is 2. The number of aromatic nitrogens is 1. The van der Waals surface area contributed by atoms with Gasteiger partial charge < -0.3 is 15.4 Å². The molecule has 24 heavy (non-hydrogen) atoms. The standard InChI is InChI=1S/C18H26N4OS/c1-4-19-18(20-9-8-17-21-11-14(2)24-17)22-12-15-6-5-7-16(10-15)13-23-3/h5-7,10-11H,4,8-9,12-13H2,1-3H3,(H2,19,20,22). The molecule has 2 rings (SSSR count). The van der Waals surface area contributed by atoms with Crippen molar-refractivity contribution in [2.45, 2.75) is 33.4 Å². The van der Waals surface area contributed by atoms with E-state index in [1.54, 1.807) is 18.4 Å². The van der Waals surface area contributed by atoms with Crippen LogP contribution in [-0.2, 0) is 24.3 Å². The Morgan fingerprint density at radius 2 is 2.12 bits per heavy atom. The topological polar surface area (TPSA) is 58.5 Å². The lowest BCUT2D eigenvalue weighted by atomic mass is 10.1. The van der Waals surface area contributed by atoms with Crippen LogP contribution in [0.3, 0.4) is 0 Å². The minimum Gasteiger partial charge on any atom is -0.380 e. The summed E-state index contributed by atoms with van der Waals surface area (Å²) in [5, 5.41) is 7.81. The molecular formula is C18H26N4OS. The molecule has 0 atom stereocenters. The van der Waals surface area contributed by atoms with E-state index >= 15 is 0 Å². The van der Waals surface area contributed by atoms with Gasteiger partial charge in [0, 0.05) is 37.7 Å². The highest BCUT2D eigenvalue weighted by molar-refractivity contribution is 7.11. The van der Waals surface area contributed by atoms with E-state index < -0.39 is 0 Å². The van der Waals surface area contributed by atoms with Crippen LogP contribution < -0.4 is 10.6 Å². The molecule has 1 heterocycles. The summed E-state index contributed by atoms with van der Waals surface area (Å²) in [6.07, 6.45) is 2.83. The summed E-state index contributed by atoms with van der Waals surface area (Å²) in [6, 6.07) is 8.33. The maximum absolute atomic E-state index is 5.18. The van der Waals surface area contributed by atoms with E-state index in [4.69, 9.17) is 4.74 Å². The van der Waals surface area contributed by atoms with Crippen molar-refractivity contribution in [3.05, 3.63) is 51.5 Å². The zero-order valence-electron chi connectivity index (χ0n) is 14.6. The van der Waals surface area contributed by atoms with E-state index in [9.17, 15) is 0 Å². The highest BCUT2D eigenvalue weighted by atomic mass is 32.1. The van der Waals surface area contributed by atoms with Crippen LogP contribution in [0.1, 0.15) is 27.9 Å². The SMILES string of the molecule is CCNC(=NCc1cccc(COC)c1)NCCc1ncc(C)s1. The Bertz CT molecular complexity index is 654. The first-order valence-corrected chi connectivity index (χ1v) is 9.03. The molecular weight excluding hydrogens is 320 g/mol. The van der Waals surface area contributed by atoms with Crippen molar-refractivity contribution in [2.75, 3.05) is 20.2 Å². The van der Waals surface area contributed by atoms with Crippen LogP contribution in [0.4, 0.5) is 0 Å². The zero-order valence-corrected chi connectivity index (χ0v) is 15.4. The summed E-state index contributed by atoms with van der Waals surface area (Å²) in [4.78, 5) is 10.3. The Morgan fingerprint density at radius 3 is 2.83 bits per heavy atom. The molecule has 0 bridgehead atoms. The molecule has 6 heteroatoms. The third-order valence-corrected chi connectivity index (χ3v) is 4.34. The lowest BCUT2D eigenvalue weighted by molar-refractivity contribution is 0.185. The Kier molecular flexibility index (Phi) is 7.71. The van der Waals surface area contributed by atoms with Gasteiger partial charge in [0.05, 0.1) is 18.2 Å². The largest absolute Gasteiger partial charge is 0.380 e. The van der Waals surface area contributed by atoms with Gasteiger partial charge in [0.15, 0.2) is 5.96 Å². The molecule has 1 aromatic carbocycles. The number of hydrogen-bond acceptors (Lipinski definition) is 4. The second-order valence-corrected chi connectivity index (χ2v) is 6.81. The quantitative estimate of drug-likeness (QED) is 0.570. The fraction of sp³-hybridized carbons (Fsp3) is 0.444. The first-order valence-electron chi connectivity index (χ1n) is 8.21. The monoisotopic (exact) mass is 346 g/mol. The number of aliphatic imine (C=N–C) groups is 1. The predicted octanol–water partition coefficient (Wildman–Crippen LogP) is 2.90. The Balaban J connectivity index is 1.88. The van der Waals surface area contributed by atoms with Crippen molar-refractivity contribution in [3.8, 4) is 0 Å². The van der Waals surface area contributed by atoms with Crippen LogP contribution >= 0.6 is 11.3 Å². The molecule has 0 aliphatic heterocycles. The molecule has 130 valence electrons. The fourth-order valence-electron chi connectivity index (χ4n) is 2.30. The lowest BCUT2D eigenvalue weighted by Gasteiger charge is -2.11. The number of methoxy groups -OCH3 is 1. The van der Waals surface area contributed by atoms with Gasteiger partial charge in [-0.3, -0.25) is 0 Å². The van der Waals surface area contributed by atoms with Crippen molar-refractivity contribution in [1.82, 2.24) is 15.6 Å². The van der Waals surface area contributed by atoms with E-state index in [1.165, 1.54) is 16.0 Å². The number of ether oxygens (including phenoxy) is 1. The van der Waals surface area contributed by atoms with Gasteiger partial charge in [-0.25, -0.2) is 9.98 Å². The fourth-order valence-corrected chi connectivity index (χ4v) is 3.09. The summed E-state index contributed by atoms with van der Waals surface area (Å²) in [6.45, 7) is 7.08. The molecule has 1 aromatic heterocycles. The van der Waals surface area contributed by atoms with Crippen molar-refractivity contribution in [1.29, 1.82) is 0 Å². The summed E-state index contributed by atoms with van der Waals surface area (Å²) in [7, 11) is 1.71. The van der Waals surface area contributed by atoms with Crippen molar-refractivity contribution in [3.63, 3.8) is 0 Å². The Hall–Kier alpha value is -1.92. The van der Waals surface area contributed by atoms with Crippen LogP contribution in [0, 0.1) is 6.92 Å². The number of rotatable bonds is 8. The van der Waals surface area contributed by atoms with Gasteiger partial charge in [0.25, 0.3) is 0 Å². The van der Waals surface area contributed by atoms with Gasteiger partial charge in [-0.15, -0.1) is 11.3 Å². The van der Waals surface area contributed by atoms with E-state index in [1.807, 2.05) is 12.3 Å². The summed E-state index contributed by atoms with van der Waals surface area (Å²) >= 11 is 1.75. The van der Waals surface area contributed by atoms with E-state index in [0.717, 1.165) is 30.5 Å². The molecule has 5 nitrogen and oxygen atoms in total. The number of aryl methyl sites for hydroxylation is 1. The molecule has 0 spiro atoms. The molecule has 0 fully saturated rings. The Labute approximate surface area is 148 Å². The second kappa shape index (κ2) is 10.1. The molecule has 0 unspecified atom stereocenters. The number of guanidine groups is 1. The molecule has 0 aliphatic carbocycles. The molecule has 0 saturated heterocycles. The molecule has 2 N–H and O–H groups in total. The van der Waals surface area contributed by atoms with Gasteiger partial charge in [0.2, 0.25) is 0 Å². The normalized spacial score (nSPS) is 11.5. The van der Waals surface area contributed by atoms with E-state index in [2.05, 4.69) is 52.7 Å². The van der Waals surface area contributed by atoms with E-state index in [0.29, 0.717) is 13.2 Å². The molecule has 0 amide bonds. The van der Waals surface area contributed by atoms with Crippen LogP contribution in [0.5, 0.6) is 0 Å². The summed E-state index contributed by atoms with van der Waals surface area (Å²) in [5.41, 5.74) is 2.35. The van der Waals surface area contributed by atoms with Gasteiger partial charge >= 0.3 is 0 Å². The first-order chi connectivity index (χ1) is 11.7. The highest BCUT2D eigenvalue weighted by Crippen LogP contribution is 2.11. The predicted molar refractivity (Wildman–Crippen MR) is 101 cm³/mol. The number of hydrogen-bond donors (Lipinski definition) is 2. The number of benzene rings is 1. The van der Waals surface area contributed by atoms with Crippen molar-refractivity contribution >= 4 is 17.3 Å². The maximum atomic E-state index is 5.18. The molecule has 0 saturated carbocycles. The minimum absolute atomic E-state index is 0.628. The number of thiazole rings is 1. The van der Waals surface area contributed by atoms with Crippen LogP contribution in [0.25, 0.3) is 0 Å². The van der Waals surface area contributed by atoms with Gasteiger partial charge in [-0.05, 0) is 25.0 Å². The van der Waals surface area contributed by atoms with E-state index in [-0.39, 0.29) is 0 Å². The lowest BCUT2D eigenvalue weighted by Crippen LogP contribution is -2.38. The molecule has 2 aromatic rings. The summed E-state index contributed by atoms with van der Waals surface area (Å²) in [5.74, 6) is 0.836. The number of nitrogens with zero attached hydrogens (tertiary/aromatic N) is 2. The van der Waals surface area contributed by atoms with Crippen molar-refractivity contribution in [2.24, 2.45) is 4.99 Å². The van der Waals surface area contributed by atoms with Gasteiger partial charge in [-0.1, -0.05) is 24.3 Å².